The normalized spacial score (nSPS) is 22.5. The fourth-order valence-electron chi connectivity index (χ4n) is 2.73. The summed E-state index contributed by atoms with van der Waals surface area (Å²) in [6.07, 6.45) is 2.82. The van der Waals surface area contributed by atoms with Crippen molar-refractivity contribution in [1.82, 2.24) is 4.90 Å². The second-order valence-corrected chi connectivity index (χ2v) is 5.18. The number of hydrogen-bond acceptors (Lipinski definition) is 2. The van der Waals surface area contributed by atoms with Gasteiger partial charge in [-0.2, -0.15) is 0 Å². The molecule has 1 aromatic rings. The summed E-state index contributed by atoms with van der Waals surface area (Å²) in [4.78, 5) is 14.2. The standard InChI is InChI=1S/C15H21FN2O/c1-2-18(10-11-5-3-6-12(16)9-11)15(19)13-7-4-8-14(13)17/h3,5-6,9,13-14H,2,4,7-8,10,17H2,1H3/t13-,14-/m1/s1. The fraction of sp³-hybridized carbons (Fsp3) is 0.533. The molecule has 3 nitrogen and oxygen atoms in total. The summed E-state index contributed by atoms with van der Waals surface area (Å²) in [7, 11) is 0. The Morgan fingerprint density at radius 2 is 2.26 bits per heavy atom. The minimum atomic E-state index is -0.265. The third-order valence-corrected chi connectivity index (χ3v) is 3.84. The summed E-state index contributed by atoms with van der Waals surface area (Å²) in [5.74, 6) is -0.219. The maximum absolute atomic E-state index is 13.2. The van der Waals surface area contributed by atoms with Crippen LogP contribution in [0.1, 0.15) is 31.7 Å². The molecule has 0 bridgehead atoms. The molecular weight excluding hydrogens is 243 g/mol. The zero-order chi connectivity index (χ0) is 13.8. The average Bonchev–Trinajstić information content (AvgIpc) is 2.81. The van der Waals surface area contributed by atoms with E-state index in [1.807, 2.05) is 13.0 Å². The summed E-state index contributed by atoms with van der Waals surface area (Å²) in [6, 6.07) is 6.38. The van der Waals surface area contributed by atoms with E-state index in [1.165, 1.54) is 12.1 Å². The van der Waals surface area contributed by atoms with E-state index in [0.29, 0.717) is 13.1 Å². The maximum atomic E-state index is 13.2. The SMILES string of the molecule is CCN(Cc1cccc(F)c1)C(=O)[C@@H]1CCC[C@H]1N. The van der Waals surface area contributed by atoms with Gasteiger partial charge in [0.1, 0.15) is 5.82 Å². The zero-order valence-electron chi connectivity index (χ0n) is 11.3. The fourth-order valence-corrected chi connectivity index (χ4v) is 2.73. The van der Waals surface area contributed by atoms with Crippen LogP contribution in [0.25, 0.3) is 0 Å². The first-order valence-electron chi connectivity index (χ1n) is 6.90. The Labute approximate surface area is 113 Å². The van der Waals surface area contributed by atoms with Crippen LogP contribution >= 0.6 is 0 Å². The average molecular weight is 264 g/mol. The third-order valence-electron chi connectivity index (χ3n) is 3.84. The molecule has 0 heterocycles. The van der Waals surface area contributed by atoms with Crippen LogP contribution in [0.3, 0.4) is 0 Å². The molecule has 0 radical (unpaired) electrons. The van der Waals surface area contributed by atoms with E-state index in [-0.39, 0.29) is 23.7 Å². The van der Waals surface area contributed by atoms with Gasteiger partial charge in [0.15, 0.2) is 0 Å². The lowest BCUT2D eigenvalue weighted by Crippen LogP contribution is -2.41. The van der Waals surface area contributed by atoms with Crippen LogP contribution in [0.15, 0.2) is 24.3 Å². The number of halogens is 1. The predicted octanol–water partition coefficient (Wildman–Crippen LogP) is 2.30. The van der Waals surface area contributed by atoms with Crippen LogP contribution in [0.4, 0.5) is 4.39 Å². The van der Waals surface area contributed by atoms with Crippen LogP contribution in [0, 0.1) is 11.7 Å². The van der Waals surface area contributed by atoms with Crippen molar-refractivity contribution >= 4 is 5.91 Å². The van der Waals surface area contributed by atoms with Crippen molar-refractivity contribution in [2.24, 2.45) is 11.7 Å². The van der Waals surface area contributed by atoms with Gasteiger partial charge in [0.05, 0.1) is 5.92 Å². The predicted molar refractivity (Wildman–Crippen MR) is 72.8 cm³/mol. The lowest BCUT2D eigenvalue weighted by atomic mass is 10.0. The van der Waals surface area contributed by atoms with Gasteiger partial charge in [0, 0.05) is 19.1 Å². The van der Waals surface area contributed by atoms with Crippen molar-refractivity contribution in [3.05, 3.63) is 35.6 Å². The number of amides is 1. The zero-order valence-corrected chi connectivity index (χ0v) is 11.3. The van der Waals surface area contributed by atoms with E-state index in [0.717, 1.165) is 24.8 Å². The number of carbonyl (C=O) groups is 1. The lowest BCUT2D eigenvalue weighted by molar-refractivity contribution is -0.136. The molecule has 4 heteroatoms. The number of carbonyl (C=O) groups excluding carboxylic acids is 1. The number of nitrogens with two attached hydrogens (primary N) is 1. The Balaban J connectivity index is 2.05. The Morgan fingerprint density at radius 3 is 2.84 bits per heavy atom. The molecule has 1 saturated carbocycles. The van der Waals surface area contributed by atoms with Gasteiger partial charge >= 0.3 is 0 Å². The van der Waals surface area contributed by atoms with E-state index < -0.39 is 0 Å². The highest BCUT2D eigenvalue weighted by molar-refractivity contribution is 5.79. The molecule has 2 rings (SSSR count). The van der Waals surface area contributed by atoms with E-state index in [1.54, 1.807) is 11.0 Å². The van der Waals surface area contributed by atoms with Gasteiger partial charge in [0.25, 0.3) is 0 Å². The molecule has 2 atom stereocenters. The second kappa shape index (κ2) is 6.15. The number of hydrogen-bond donors (Lipinski definition) is 1. The molecular formula is C15H21FN2O. The summed E-state index contributed by atoms with van der Waals surface area (Å²) in [6.45, 7) is 3.02. The maximum Gasteiger partial charge on any atom is 0.227 e. The van der Waals surface area contributed by atoms with Crippen molar-refractivity contribution < 1.29 is 9.18 Å². The molecule has 1 amide bonds. The Kier molecular flexibility index (Phi) is 4.53. The number of benzene rings is 1. The van der Waals surface area contributed by atoms with Crippen molar-refractivity contribution in [3.8, 4) is 0 Å². The molecule has 104 valence electrons. The highest BCUT2D eigenvalue weighted by Crippen LogP contribution is 2.26. The molecule has 1 fully saturated rings. The van der Waals surface area contributed by atoms with Crippen molar-refractivity contribution in [2.45, 2.75) is 38.8 Å². The third kappa shape index (κ3) is 3.32. The van der Waals surface area contributed by atoms with Crippen molar-refractivity contribution in [3.63, 3.8) is 0 Å². The molecule has 0 unspecified atom stereocenters. The van der Waals surface area contributed by atoms with Crippen LogP contribution in [0.2, 0.25) is 0 Å². The lowest BCUT2D eigenvalue weighted by Gasteiger charge is -2.26. The van der Waals surface area contributed by atoms with Gasteiger partial charge in [-0.3, -0.25) is 4.79 Å². The monoisotopic (exact) mass is 264 g/mol. The molecule has 2 N–H and O–H groups in total. The van der Waals surface area contributed by atoms with Crippen LogP contribution in [-0.2, 0) is 11.3 Å². The Hall–Kier alpha value is -1.42. The summed E-state index contributed by atoms with van der Waals surface area (Å²) < 4.78 is 13.2. The first kappa shape index (κ1) is 14.0. The highest BCUT2D eigenvalue weighted by Gasteiger charge is 2.32. The molecule has 0 aliphatic heterocycles. The summed E-state index contributed by atoms with van der Waals surface area (Å²) >= 11 is 0. The van der Waals surface area contributed by atoms with E-state index in [4.69, 9.17) is 5.73 Å². The highest BCUT2D eigenvalue weighted by atomic mass is 19.1. The smallest absolute Gasteiger partial charge is 0.227 e. The van der Waals surface area contributed by atoms with Crippen molar-refractivity contribution in [1.29, 1.82) is 0 Å². The van der Waals surface area contributed by atoms with Gasteiger partial charge in [0.2, 0.25) is 5.91 Å². The minimum absolute atomic E-state index is 0.0194. The first-order valence-corrected chi connectivity index (χ1v) is 6.90. The number of nitrogens with zero attached hydrogens (tertiary/aromatic N) is 1. The molecule has 1 aliphatic carbocycles. The molecule has 0 aromatic heterocycles. The number of rotatable bonds is 4. The molecule has 19 heavy (non-hydrogen) atoms. The van der Waals surface area contributed by atoms with Gasteiger partial charge in [-0.25, -0.2) is 4.39 Å². The molecule has 0 spiro atoms. The van der Waals surface area contributed by atoms with Crippen LogP contribution < -0.4 is 5.73 Å². The minimum Gasteiger partial charge on any atom is -0.338 e. The van der Waals surface area contributed by atoms with Crippen LogP contribution in [-0.4, -0.2) is 23.4 Å². The molecule has 0 saturated heterocycles. The molecule has 1 aliphatic rings. The topological polar surface area (TPSA) is 46.3 Å². The molecule has 1 aromatic carbocycles. The van der Waals surface area contributed by atoms with E-state index in [9.17, 15) is 9.18 Å². The van der Waals surface area contributed by atoms with Crippen molar-refractivity contribution in [2.75, 3.05) is 6.54 Å². The van der Waals surface area contributed by atoms with E-state index in [2.05, 4.69) is 0 Å². The quantitative estimate of drug-likeness (QED) is 0.907. The second-order valence-electron chi connectivity index (χ2n) is 5.18. The first-order chi connectivity index (χ1) is 9.11. The summed E-state index contributed by atoms with van der Waals surface area (Å²) in [5.41, 5.74) is 6.80. The Bertz CT molecular complexity index is 450. The van der Waals surface area contributed by atoms with Crippen LogP contribution in [0.5, 0.6) is 0 Å². The summed E-state index contributed by atoms with van der Waals surface area (Å²) in [5, 5.41) is 0. The van der Waals surface area contributed by atoms with Gasteiger partial charge in [-0.05, 0) is 37.5 Å². The van der Waals surface area contributed by atoms with E-state index >= 15 is 0 Å². The van der Waals surface area contributed by atoms with Gasteiger partial charge in [-0.1, -0.05) is 18.6 Å². The van der Waals surface area contributed by atoms with Gasteiger partial charge in [-0.15, -0.1) is 0 Å². The largest absolute Gasteiger partial charge is 0.338 e. The van der Waals surface area contributed by atoms with Gasteiger partial charge < -0.3 is 10.6 Å². The Morgan fingerprint density at radius 1 is 1.47 bits per heavy atom.